The number of carbonyl (C=O) groups is 2. The lowest BCUT2D eigenvalue weighted by Gasteiger charge is -2.10. The Hall–Kier alpha value is -4.26. The highest BCUT2D eigenvalue weighted by Gasteiger charge is 2.14. The van der Waals surface area contributed by atoms with Gasteiger partial charge in [0.2, 0.25) is 11.8 Å². The average Bonchev–Trinajstić information content (AvgIpc) is 3.31. The lowest BCUT2D eigenvalue weighted by atomic mass is 10.1. The summed E-state index contributed by atoms with van der Waals surface area (Å²) in [5, 5.41) is 11.1. The van der Waals surface area contributed by atoms with Crippen LogP contribution in [-0.2, 0) is 4.74 Å². The van der Waals surface area contributed by atoms with Gasteiger partial charge in [-0.1, -0.05) is 23.8 Å². The van der Waals surface area contributed by atoms with Gasteiger partial charge >= 0.3 is 5.97 Å². The van der Waals surface area contributed by atoms with Crippen LogP contribution in [-0.4, -0.2) is 29.2 Å². The molecule has 1 N–H and O–H groups in total. The van der Waals surface area contributed by atoms with Gasteiger partial charge in [-0.25, -0.2) is 4.79 Å². The van der Waals surface area contributed by atoms with Crippen molar-refractivity contribution in [1.29, 1.82) is 0 Å². The Balaban J connectivity index is 1.50. The summed E-state index contributed by atoms with van der Waals surface area (Å²) >= 11 is 0. The average molecular weight is 427 g/mol. The molecule has 1 amide bonds. The number of nitrogens with one attached hydrogen (secondary N) is 1. The summed E-state index contributed by atoms with van der Waals surface area (Å²) in [6.07, 6.45) is 0. The third-order valence-electron chi connectivity index (χ3n) is 5.02. The first-order chi connectivity index (χ1) is 15.4. The van der Waals surface area contributed by atoms with E-state index in [1.807, 2.05) is 38.1 Å². The van der Waals surface area contributed by atoms with Crippen molar-refractivity contribution in [2.45, 2.75) is 13.8 Å². The summed E-state index contributed by atoms with van der Waals surface area (Å²) in [4.78, 5) is 24.5. The molecule has 160 valence electrons. The van der Waals surface area contributed by atoms with Crippen molar-refractivity contribution in [3.8, 4) is 22.9 Å². The van der Waals surface area contributed by atoms with Crippen LogP contribution in [0.5, 0.6) is 0 Å². The van der Waals surface area contributed by atoms with Crippen molar-refractivity contribution in [3.63, 3.8) is 0 Å². The van der Waals surface area contributed by atoms with Gasteiger partial charge in [-0.15, -0.1) is 10.2 Å². The number of rotatable bonds is 5. The summed E-state index contributed by atoms with van der Waals surface area (Å²) in [5.74, 6) is 0.0406. The lowest BCUT2D eigenvalue weighted by molar-refractivity contribution is 0.0600. The number of methoxy groups -OCH3 is 1. The van der Waals surface area contributed by atoms with Crippen LogP contribution in [0.1, 0.15) is 31.8 Å². The fraction of sp³-hybridized carbons (Fsp3) is 0.120. The minimum absolute atomic E-state index is 0.299. The van der Waals surface area contributed by atoms with E-state index in [2.05, 4.69) is 15.5 Å². The highest BCUT2D eigenvalue weighted by molar-refractivity contribution is 6.05. The number of carbonyl (C=O) groups excluding carboxylic acids is 2. The summed E-state index contributed by atoms with van der Waals surface area (Å²) in [7, 11) is 1.31. The molecule has 0 atom stereocenters. The van der Waals surface area contributed by atoms with E-state index in [-0.39, 0.29) is 5.91 Å². The van der Waals surface area contributed by atoms with E-state index in [1.165, 1.54) is 7.11 Å². The Bertz CT molecular complexity index is 1280. The van der Waals surface area contributed by atoms with E-state index >= 15 is 0 Å². The maximum Gasteiger partial charge on any atom is 0.337 e. The van der Waals surface area contributed by atoms with Crippen LogP contribution < -0.4 is 5.32 Å². The molecule has 3 aromatic carbocycles. The fourth-order valence-corrected chi connectivity index (χ4v) is 3.11. The Morgan fingerprint density at radius 2 is 1.38 bits per heavy atom. The van der Waals surface area contributed by atoms with Crippen LogP contribution in [0, 0.1) is 13.8 Å². The molecule has 0 fully saturated rings. The zero-order chi connectivity index (χ0) is 22.7. The van der Waals surface area contributed by atoms with Crippen LogP contribution in [0.15, 0.2) is 71.1 Å². The highest BCUT2D eigenvalue weighted by atomic mass is 16.5. The normalized spacial score (nSPS) is 10.6. The standard InChI is InChI=1S/C25H21N3O4/c1-15-4-7-18(8-5-15)23-27-28-24(32-23)19-12-10-17(11-13-19)22(29)26-21-14-20(25(30)31-3)9-6-16(21)2/h4-14H,1-3H3,(H,26,29). The van der Waals surface area contributed by atoms with Crippen molar-refractivity contribution in [2.24, 2.45) is 0 Å². The van der Waals surface area contributed by atoms with Crippen molar-refractivity contribution in [3.05, 3.63) is 89.0 Å². The second kappa shape index (κ2) is 8.85. The summed E-state index contributed by atoms with van der Waals surface area (Å²) in [6.45, 7) is 3.86. The van der Waals surface area contributed by atoms with Crippen molar-refractivity contribution >= 4 is 17.6 Å². The minimum atomic E-state index is -0.464. The second-order valence-electron chi connectivity index (χ2n) is 7.33. The van der Waals surface area contributed by atoms with Gasteiger partial charge in [0.1, 0.15) is 0 Å². The van der Waals surface area contributed by atoms with Gasteiger partial charge < -0.3 is 14.5 Å². The van der Waals surface area contributed by atoms with E-state index < -0.39 is 5.97 Å². The molecule has 7 nitrogen and oxygen atoms in total. The van der Waals surface area contributed by atoms with Gasteiger partial charge in [-0.05, 0) is 67.9 Å². The molecule has 4 aromatic rings. The van der Waals surface area contributed by atoms with Gasteiger partial charge in [-0.3, -0.25) is 4.79 Å². The zero-order valence-corrected chi connectivity index (χ0v) is 17.9. The van der Waals surface area contributed by atoms with E-state index in [4.69, 9.17) is 9.15 Å². The topological polar surface area (TPSA) is 94.3 Å². The van der Waals surface area contributed by atoms with Gasteiger partial charge in [-0.2, -0.15) is 0 Å². The molecule has 0 unspecified atom stereocenters. The molecule has 0 bridgehead atoms. The maximum atomic E-state index is 12.7. The quantitative estimate of drug-likeness (QED) is 0.448. The van der Waals surface area contributed by atoms with E-state index in [1.54, 1.807) is 42.5 Å². The van der Waals surface area contributed by atoms with Crippen LogP contribution in [0.3, 0.4) is 0 Å². The van der Waals surface area contributed by atoms with Crippen molar-refractivity contribution in [1.82, 2.24) is 10.2 Å². The van der Waals surface area contributed by atoms with E-state index in [0.717, 1.165) is 16.7 Å². The Morgan fingerprint density at radius 3 is 1.97 bits per heavy atom. The third-order valence-corrected chi connectivity index (χ3v) is 5.02. The Labute approximate surface area is 185 Å². The molecule has 32 heavy (non-hydrogen) atoms. The number of hydrogen-bond acceptors (Lipinski definition) is 6. The summed E-state index contributed by atoms with van der Waals surface area (Å²) in [5.41, 5.74) is 4.89. The molecule has 0 aliphatic rings. The summed E-state index contributed by atoms with van der Waals surface area (Å²) in [6, 6.07) is 19.7. The largest absolute Gasteiger partial charge is 0.465 e. The Kier molecular flexibility index (Phi) is 5.81. The molecule has 1 aromatic heterocycles. The lowest BCUT2D eigenvalue weighted by Crippen LogP contribution is -2.13. The van der Waals surface area contributed by atoms with Crippen LogP contribution in [0.25, 0.3) is 22.9 Å². The number of amides is 1. The fourth-order valence-electron chi connectivity index (χ4n) is 3.11. The summed E-state index contributed by atoms with van der Waals surface area (Å²) < 4.78 is 10.5. The van der Waals surface area contributed by atoms with Crippen LogP contribution in [0.4, 0.5) is 5.69 Å². The second-order valence-corrected chi connectivity index (χ2v) is 7.33. The third kappa shape index (κ3) is 4.41. The SMILES string of the molecule is COC(=O)c1ccc(C)c(NC(=O)c2ccc(-c3nnc(-c4ccc(C)cc4)o3)cc2)c1. The number of ether oxygens (including phenoxy) is 1. The first kappa shape index (κ1) is 21.0. The first-order valence-electron chi connectivity index (χ1n) is 9.96. The molecular formula is C25H21N3O4. The molecule has 7 heteroatoms. The van der Waals surface area contributed by atoms with Gasteiger partial charge in [0.05, 0.1) is 12.7 Å². The molecule has 0 saturated carbocycles. The monoisotopic (exact) mass is 427 g/mol. The van der Waals surface area contributed by atoms with Crippen molar-refractivity contribution in [2.75, 3.05) is 12.4 Å². The Morgan fingerprint density at radius 1 is 0.812 bits per heavy atom. The predicted molar refractivity (Wildman–Crippen MR) is 120 cm³/mol. The molecule has 0 aliphatic heterocycles. The number of hydrogen-bond donors (Lipinski definition) is 1. The first-order valence-corrected chi connectivity index (χ1v) is 9.96. The number of anilines is 1. The van der Waals surface area contributed by atoms with Gasteiger partial charge in [0, 0.05) is 22.4 Å². The molecule has 0 saturated heterocycles. The molecule has 0 aliphatic carbocycles. The minimum Gasteiger partial charge on any atom is -0.465 e. The van der Waals surface area contributed by atoms with Crippen LogP contribution >= 0.6 is 0 Å². The molecule has 4 rings (SSSR count). The molecule has 0 spiro atoms. The number of benzene rings is 3. The number of esters is 1. The predicted octanol–water partition coefficient (Wildman–Crippen LogP) is 5.06. The molecule has 1 heterocycles. The molecule has 0 radical (unpaired) electrons. The van der Waals surface area contributed by atoms with Crippen molar-refractivity contribution < 1.29 is 18.7 Å². The highest BCUT2D eigenvalue weighted by Crippen LogP contribution is 2.25. The van der Waals surface area contributed by atoms with E-state index in [0.29, 0.717) is 34.2 Å². The van der Waals surface area contributed by atoms with E-state index in [9.17, 15) is 9.59 Å². The smallest absolute Gasteiger partial charge is 0.337 e. The van der Waals surface area contributed by atoms with Gasteiger partial charge in [0.15, 0.2) is 0 Å². The van der Waals surface area contributed by atoms with Gasteiger partial charge in [0.25, 0.3) is 5.91 Å². The number of aromatic nitrogens is 2. The van der Waals surface area contributed by atoms with Crippen LogP contribution in [0.2, 0.25) is 0 Å². The maximum absolute atomic E-state index is 12.7. The molecular weight excluding hydrogens is 406 g/mol. The number of aryl methyl sites for hydroxylation is 2. The number of nitrogens with zero attached hydrogens (tertiary/aromatic N) is 2. The zero-order valence-electron chi connectivity index (χ0n) is 17.9.